The molecule has 0 aliphatic rings. The number of halogens is 1. The van der Waals surface area contributed by atoms with Crippen LogP contribution in [0, 0.1) is 0 Å². The van der Waals surface area contributed by atoms with E-state index >= 15 is 0 Å². The molecule has 2 rings (SSSR count). The Hall–Kier alpha value is -0.890. The van der Waals surface area contributed by atoms with Crippen molar-refractivity contribution in [2.75, 3.05) is 0 Å². The van der Waals surface area contributed by atoms with Crippen LogP contribution in [0.5, 0.6) is 0 Å². The summed E-state index contributed by atoms with van der Waals surface area (Å²) in [5.41, 5.74) is 2.45. The molecule has 1 unspecified atom stereocenters. The summed E-state index contributed by atoms with van der Waals surface area (Å²) in [6.07, 6.45) is 1.18. The molecule has 1 atom stereocenters. The molecule has 0 saturated heterocycles. The normalized spacial score (nSPS) is 13.0. The SMILES string of the molecule is CCC(C)c1ccc2nc(Br)ccc2c1. The molecule has 15 heavy (non-hydrogen) atoms. The summed E-state index contributed by atoms with van der Waals surface area (Å²) >= 11 is 3.38. The Morgan fingerprint density at radius 3 is 2.80 bits per heavy atom. The van der Waals surface area contributed by atoms with Crippen molar-refractivity contribution in [2.45, 2.75) is 26.2 Å². The van der Waals surface area contributed by atoms with Crippen molar-refractivity contribution in [1.29, 1.82) is 0 Å². The fourth-order valence-corrected chi connectivity index (χ4v) is 1.98. The molecule has 0 aliphatic carbocycles. The molecule has 0 fully saturated rings. The van der Waals surface area contributed by atoms with Crippen molar-refractivity contribution in [3.05, 3.63) is 40.5 Å². The predicted octanol–water partition coefficient (Wildman–Crippen LogP) is 4.51. The first-order valence-corrected chi connectivity index (χ1v) is 6.06. The van der Waals surface area contributed by atoms with Crippen molar-refractivity contribution in [1.82, 2.24) is 4.98 Å². The highest BCUT2D eigenvalue weighted by Gasteiger charge is 2.04. The molecule has 0 radical (unpaired) electrons. The lowest BCUT2D eigenvalue weighted by atomic mass is 9.97. The zero-order chi connectivity index (χ0) is 10.8. The molecule has 2 heteroatoms. The van der Waals surface area contributed by atoms with E-state index in [0.29, 0.717) is 5.92 Å². The van der Waals surface area contributed by atoms with Crippen molar-refractivity contribution in [3.63, 3.8) is 0 Å². The molecule has 2 aromatic rings. The van der Waals surface area contributed by atoms with Gasteiger partial charge in [-0.15, -0.1) is 0 Å². The van der Waals surface area contributed by atoms with E-state index in [1.807, 2.05) is 6.07 Å². The molecule has 0 N–H and O–H groups in total. The molecule has 0 bridgehead atoms. The Labute approximate surface area is 98.7 Å². The molecule has 1 heterocycles. The largest absolute Gasteiger partial charge is 0.241 e. The fourth-order valence-electron chi connectivity index (χ4n) is 1.66. The average Bonchev–Trinajstić information content (AvgIpc) is 2.27. The maximum absolute atomic E-state index is 4.42. The van der Waals surface area contributed by atoms with Gasteiger partial charge in [0.15, 0.2) is 0 Å². The summed E-state index contributed by atoms with van der Waals surface area (Å²) in [6.45, 7) is 4.47. The van der Waals surface area contributed by atoms with Crippen molar-refractivity contribution in [2.24, 2.45) is 0 Å². The Bertz CT molecular complexity index is 479. The number of pyridine rings is 1. The van der Waals surface area contributed by atoms with Crippen LogP contribution in [0.4, 0.5) is 0 Å². The topological polar surface area (TPSA) is 12.9 Å². The van der Waals surface area contributed by atoms with Crippen LogP contribution in [-0.4, -0.2) is 4.98 Å². The van der Waals surface area contributed by atoms with Gasteiger partial charge in [0.2, 0.25) is 0 Å². The van der Waals surface area contributed by atoms with E-state index in [2.05, 4.69) is 59.0 Å². The van der Waals surface area contributed by atoms with Crippen molar-refractivity contribution >= 4 is 26.8 Å². The number of benzene rings is 1. The summed E-state index contributed by atoms with van der Waals surface area (Å²) in [5, 5.41) is 1.22. The fraction of sp³-hybridized carbons (Fsp3) is 0.308. The van der Waals surface area contributed by atoms with Gasteiger partial charge in [-0.25, -0.2) is 4.98 Å². The standard InChI is InChI=1S/C13H14BrN/c1-3-9(2)10-4-6-12-11(8-10)5-7-13(14)15-12/h4-9H,3H2,1-2H3. The van der Waals surface area contributed by atoms with Gasteiger partial charge in [0.25, 0.3) is 0 Å². The molecular weight excluding hydrogens is 250 g/mol. The van der Waals surface area contributed by atoms with Crippen LogP contribution in [0.1, 0.15) is 31.7 Å². The zero-order valence-corrected chi connectivity index (χ0v) is 10.6. The van der Waals surface area contributed by atoms with Gasteiger partial charge in [-0.3, -0.25) is 0 Å². The highest BCUT2D eigenvalue weighted by atomic mass is 79.9. The minimum Gasteiger partial charge on any atom is -0.241 e. The van der Waals surface area contributed by atoms with Crippen LogP contribution in [0.3, 0.4) is 0 Å². The van der Waals surface area contributed by atoms with E-state index in [-0.39, 0.29) is 0 Å². The van der Waals surface area contributed by atoms with E-state index in [1.165, 1.54) is 17.4 Å². The first kappa shape index (κ1) is 10.6. The monoisotopic (exact) mass is 263 g/mol. The number of nitrogens with zero attached hydrogens (tertiary/aromatic N) is 1. The minimum absolute atomic E-state index is 0.623. The smallest absolute Gasteiger partial charge is 0.106 e. The zero-order valence-electron chi connectivity index (χ0n) is 9.00. The van der Waals surface area contributed by atoms with Gasteiger partial charge in [-0.05, 0) is 52.0 Å². The maximum atomic E-state index is 4.42. The van der Waals surface area contributed by atoms with Gasteiger partial charge in [0.05, 0.1) is 5.52 Å². The van der Waals surface area contributed by atoms with Crippen LogP contribution >= 0.6 is 15.9 Å². The second-order valence-electron chi connectivity index (χ2n) is 3.90. The minimum atomic E-state index is 0.623. The van der Waals surface area contributed by atoms with Gasteiger partial charge < -0.3 is 0 Å². The van der Waals surface area contributed by atoms with Gasteiger partial charge in [-0.1, -0.05) is 26.0 Å². The van der Waals surface area contributed by atoms with E-state index in [4.69, 9.17) is 0 Å². The van der Waals surface area contributed by atoms with Crippen LogP contribution in [-0.2, 0) is 0 Å². The maximum Gasteiger partial charge on any atom is 0.106 e. The van der Waals surface area contributed by atoms with Crippen molar-refractivity contribution < 1.29 is 0 Å². The van der Waals surface area contributed by atoms with E-state index in [0.717, 1.165) is 10.1 Å². The van der Waals surface area contributed by atoms with Crippen LogP contribution in [0.2, 0.25) is 0 Å². The molecule has 1 nitrogen and oxygen atoms in total. The quantitative estimate of drug-likeness (QED) is 0.727. The Kier molecular flexibility index (Phi) is 3.06. The summed E-state index contributed by atoms with van der Waals surface area (Å²) in [6, 6.07) is 10.6. The number of aromatic nitrogens is 1. The van der Waals surface area contributed by atoms with Crippen LogP contribution in [0.15, 0.2) is 34.9 Å². The lowest BCUT2D eigenvalue weighted by molar-refractivity contribution is 0.734. The molecule has 1 aromatic heterocycles. The molecule has 0 aliphatic heterocycles. The van der Waals surface area contributed by atoms with Gasteiger partial charge in [-0.2, -0.15) is 0 Å². The molecule has 1 aromatic carbocycles. The van der Waals surface area contributed by atoms with Crippen LogP contribution < -0.4 is 0 Å². The molecule has 78 valence electrons. The highest BCUT2D eigenvalue weighted by Crippen LogP contribution is 2.23. The van der Waals surface area contributed by atoms with Crippen LogP contribution in [0.25, 0.3) is 10.9 Å². The molecular formula is C13H14BrN. The van der Waals surface area contributed by atoms with E-state index in [1.54, 1.807) is 0 Å². The summed E-state index contributed by atoms with van der Waals surface area (Å²) in [5.74, 6) is 0.623. The van der Waals surface area contributed by atoms with Gasteiger partial charge in [0.1, 0.15) is 4.60 Å². The highest BCUT2D eigenvalue weighted by molar-refractivity contribution is 9.10. The van der Waals surface area contributed by atoms with E-state index < -0.39 is 0 Å². The van der Waals surface area contributed by atoms with Gasteiger partial charge >= 0.3 is 0 Å². The summed E-state index contributed by atoms with van der Waals surface area (Å²) in [4.78, 5) is 4.42. The Morgan fingerprint density at radius 1 is 1.27 bits per heavy atom. The summed E-state index contributed by atoms with van der Waals surface area (Å²) in [7, 11) is 0. The third-order valence-corrected chi connectivity index (χ3v) is 3.30. The second-order valence-corrected chi connectivity index (χ2v) is 4.71. The Morgan fingerprint density at radius 2 is 2.07 bits per heavy atom. The van der Waals surface area contributed by atoms with E-state index in [9.17, 15) is 0 Å². The number of hydrogen-bond acceptors (Lipinski definition) is 1. The lowest BCUT2D eigenvalue weighted by Crippen LogP contribution is -1.91. The first-order valence-electron chi connectivity index (χ1n) is 5.27. The first-order chi connectivity index (χ1) is 7.20. The number of rotatable bonds is 2. The van der Waals surface area contributed by atoms with Crippen molar-refractivity contribution in [3.8, 4) is 0 Å². The average molecular weight is 264 g/mol. The van der Waals surface area contributed by atoms with Gasteiger partial charge in [0, 0.05) is 5.39 Å². The Balaban J connectivity index is 2.52. The third kappa shape index (κ3) is 2.20. The summed E-state index contributed by atoms with van der Waals surface area (Å²) < 4.78 is 0.895. The molecule has 0 spiro atoms. The predicted molar refractivity (Wildman–Crippen MR) is 68.1 cm³/mol. The third-order valence-electron chi connectivity index (χ3n) is 2.86. The number of fused-ring (bicyclic) bond motifs is 1. The lowest BCUT2D eigenvalue weighted by Gasteiger charge is -2.09. The second kappa shape index (κ2) is 4.31. The number of hydrogen-bond donors (Lipinski definition) is 0. The molecule has 0 saturated carbocycles. The molecule has 0 amide bonds.